The average Bonchev–Trinajstić information content (AvgIpc) is 2.92. The number of hydrogen-bond donors (Lipinski definition) is 1. The highest BCUT2D eigenvalue weighted by Gasteiger charge is 2.45. The topological polar surface area (TPSA) is 57.2 Å². The summed E-state index contributed by atoms with van der Waals surface area (Å²) in [7, 11) is 0. The van der Waals surface area contributed by atoms with Crippen molar-refractivity contribution in [1.82, 2.24) is 0 Å². The maximum atomic E-state index is 10.8. The van der Waals surface area contributed by atoms with Crippen molar-refractivity contribution in [2.24, 2.45) is 0 Å². The molecule has 102 valence electrons. The third-order valence-electron chi connectivity index (χ3n) is 4.33. The van der Waals surface area contributed by atoms with Crippen molar-refractivity contribution >= 4 is 0 Å². The fourth-order valence-corrected chi connectivity index (χ4v) is 3.22. The molecule has 0 aliphatic heterocycles. The van der Waals surface area contributed by atoms with E-state index in [1.54, 1.807) is 6.26 Å². The van der Waals surface area contributed by atoms with Gasteiger partial charge in [0.25, 0.3) is 0 Å². The lowest BCUT2D eigenvalue weighted by molar-refractivity contribution is 0.0775. The summed E-state index contributed by atoms with van der Waals surface area (Å²) in [6.45, 7) is 1.89. The zero-order valence-electron chi connectivity index (χ0n) is 11.5. The fraction of sp³-hybridized carbons (Fsp3) is 0.353. The normalized spacial score (nSPS) is 22.9. The molecule has 3 nitrogen and oxygen atoms in total. The fourth-order valence-electron chi connectivity index (χ4n) is 3.22. The molecule has 1 N–H and O–H groups in total. The van der Waals surface area contributed by atoms with Crippen molar-refractivity contribution in [2.75, 3.05) is 0 Å². The van der Waals surface area contributed by atoms with Gasteiger partial charge in [-0.25, -0.2) is 0 Å². The molecule has 3 rings (SSSR count). The number of nitrogens with zero attached hydrogens (tertiary/aromatic N) is 1. The van der Waals surface area contributed by atoms with Crippen LogP contribution in [0.3, 0.4) is 0 Å². The molecule has 0 spiro atoms. The Balaban J connectivity index is 2.15. The van der Waals surface area contributed by atoms with Gasteiger partial charge in [0.2, 0.25) is 0 Å². The van der Waals surface area contributed by atoms with E-state index in [4.69, 9.17) is 4.42 Å². The molecule has 2 aromatic rings. The van der Waals surface area contributed by atoms with E-state index in [-0.39, 0.29) is 0 Å². The van der Waals surface area contributed by atoms with Crippen molar-refractivity contribution < 1.29 is 9.52 Å². The van der Waals surface area contributed by atoms with Crippen LogP contribution in [-0.2, 0) is 11.8 Å². The highest BCUT2D eigenvalue weighted by molar-refractivity contribution is 5.44. The van der Waals surface area contributed by atoms with Crippen molar-refractivity contribution in [3.05, 3.63) is 59.0 Å². The second-order valence-electron chi connectivity index (χ2n) is 5.46. The number of rotatable bonds is 2. The quantitative estimate of drug-likeness (QED) is 0.907. The Hall–Kier alpha value is -2.05. The Morgan fingerprint density at radius 1 is 1.35 bits per heavy atom. The number of aryl methyl sites for hydroxylation is 2. The van der Waals surface area contributed by atoms with E-state index >= 15 is 0 Å². The van der Waals surface area contributed by atoms with E-state index in [9.17, 15) is 10.4 Å². The summed E-state index contributed by atoms with van der Waals surface area (Å²) >= 11 is 0. The van der Waals surface area contributed by atoms with E-state index in [2.05, 4.69) is 6.07 Å². The SMILES string of the molecule is Cc1ccoc1C(O)C1(C#N)CCCc2ccccc21. The van der Waals surface area contributed by atoms with Crippen LogP contribution in [0.25, 0.3) is 0 Å². The molecule has 1 aromatic carbocycles. The summed E-state index contributed by atoms with van der Waals surface area (Å²) in [5.41, 5.74) is 2.08. The molecule has 3 heteroatoms. The van der Waals surface area contributed by atoms with Gasteiger partial charge in [0.1, 0.15) is 17.3 Å². The van der Waals surface area contributed by atoms with Crippen LogP contribution in [0.1, 0.15) is 41.4 Å². The summed E-state index contributed by atoms with van der Waals surface area (Å²) in [6, 6.07) is 12.1. The van der Waals surface area contributed by atoms with Gasteiger partial charge in [-0.3, -0.25) is 0 Å². The third-order valence-corrected chi connectivity index (χ3v) is 4.33. The molecular weight excluding hydrogens is 250 g/mol. The van der Waals surface area contributed by atoms with E-state index in [1.807, 2.05) is 37.3 Å². The first kappa shape index (κ1) is 13.0. The summed E-state index contributed by atoms with van der Waals surface area (Å²) in [4.78, 5) is 0. The highest BCUT2D eigenvalue weighted by atomic mass is 16.4. The molecular formula is C17H17NO2. The zero-order chi connectivity index (χ0) is 14.2. The lowest BCUT2D eigenvalue weighted by Crippen LogP contribution is -2.36. The van der Waals surface area contributed by atoms with Gasteiger partial charge in [0.05, 0.1) is 12.3 Å². The number of furan rings is 1. The van der Waals surface area contributed by atoms with Crippen LogP contribution in [0.5, 0.6) is 0 Å². The first-order valence-electron chi connectivity index (χ1n) is 6.91. The molecule has 0 saturated heterocycles. The Morgan fingerprint density at radius 2 is 2.15 bits per heavy atom. The molecule has 0 bridgehead atoms. The predicted octanol–water partition coefficient (Wildman–Crippen LogP) is 3.42. The standard InChI is InChI=1S/C17H17NO2/c1-12-8-10-20-15(12)16(19)17(11-18)9-4-6-13-5-2-3-7-14(13)17/h2-3,5,7-8,10,16,19H,4,6,9H2,1H3. The Labute approximate surface area is 118 Å². The van der Waals surface area contributed by atoms with E-state index in [0.29, 0.717) is 12.2 Å². The first-order valence-corrected chi connectivity index (χ1v) is 6.91. The number of benzene rings is 1. The molecule has 0 amide bonds. The average molecular weight is 267 g/mol. The molecule has 0 fully saturated rings. The maximum absolute atomic E-state index is 10.8. The molecule has 0 saturated carbocycles. The third kappa shape index (κ3) is 1.76. The number of aliphatic hydroxyl groups excluding tert-OH is 1. The minimum atomic E-state index is -0.927. The number of aliphatic hydroxyl groups is 1. The van der Waals surface area contributed by atoms with Gasteiger partial charge in [0, 0.05) is 0 Å². The van der Waals surface area contributed by atoms with Crippen molar-refractivity contribution in [3.63, 3.8) is 0 Å². The molecule has 1 aromatic heterocycles. The summed E-state index contributed by atoms with van der Waals surface area (Å²) in [5, 5.41) is 20.6. The lowest BCUT2D eigenvalue weighted by Gasteiger charge is -2.36. The second kappa shape index (κ2) is 4.81. The van der Waals surface area contributed by atoms with Gasteiger partial charge in [0.15, 0.2) is 0 Å². The summed E-state index contributed by atoms with van der Waals surface area (Å²) in [6.07, 6.45) is 3.16. The molecule has 2 unspecified atom stereocenters. The van der Waals surface area contributed by atoms with Gasteiger partial charge >= 0.3 is 0 Å². The molecule has 2 atom stereocenters. The van der Waals surface area contributed by atoms with Crippen LogP contribution >= 0.6 is 0 Å². The van der Waals surface area contributed by atoms with Gasteiger partial charge < -0.3 is 9.52 Å². The Kier molecular flexibility index (Phi) is 3.11. The van der Waals surface area contributed by atoms with Crippen LogP contribution < -0.4 is 0 Å². The van der Waals surface area contributed by atoms with Crippen molar-refractivity contribution in [3.8, 4) is 6.07 Å². The number of nitriles is 1. The highest BCUT2D eigenvalue weighted by Crippen LogP contribution is 2.46. The van der Waals surface area contributed by atoms with Gasteiger partial charge in [-0.2, -0.15) is 5.26 Å². The smallest absolute Gasteiger partial charge is 0.137 e. The van der Waals surface area contributed by atoms with Gasteiger partial charge in [-0.15, -0.1) is 0 Å². The Morgan fingerprint density at radius 3 is 2.85 bits per heavy atom. The molecule has 1 aliphatic rings. The van der Waals surface area contributed by atoms with Crippen molar-refractivity contribution in [1.29, 1.82) is 5.26 Å². The van der Waals surface area contributed by atoms with E-state index in [1.165, 1.54) is 0 Å². The first-order chi connectivity index (χ1) is 9.69. The van der Waals surface area contributed by atoms with Crippen LogP contribution in [-0.4, -0.2) is 5.11 Å². The van der Waals surface area contributed by atoms with Crippen LogP contribution in [0.2, 0.25) is 0 Å². The van der Waals surface area contributed by atoms with Crippen molar-refractivity contribution in [2.45, 2.75) is 37.7 Å². The molecule has 1 heterocycles. The molecule has 0 radical (unpaired) electrons. The Bertz CT molecular complexity index is 668. The van der Waals surface area contributed by atoms with Crippen LogP contribution in [0.4, 0.5) is 0 Å². The van der Waals surface area contributed by atoms with E-state index < -0.39 is 11.5 Å². The monoisotopic (exact) mass is 267 g/mol. The lowest BCUT2D eigenvalue weighted by atomic mass is 9.67. The summed E-state index contributed by atoms with van der Waals surface area (Å²) in [5.74, 6) is 0.503. The predicted molar refractivity (Wildman–Crippen MR) is 75.1 cm³/mol. The summed E-state index contributed by atoms with van der Waals surface area (Å²) < 4.78 is 5.42. The van der Waals surface area contributed by atoms with Gasteiger partial charge in [-0.05, 0) is 48.9 Å². The molecule has 1 aliphatic carbocycles. The molecule has 20 heavy (non-hydrogen) atoms. The van der Waals surface area contributed by atoms with E-state index in [0.717, 1.165) is 29.5 Å². The van der Waals surface area contributed by atoms with Gasteiger partial charge in [-0.1, -0.05) is 24.3 Å². The largest absolute Gasteiger partial charge is 0.466 e. The second-order valence-corrected chi connectivity index (χ2v) is 5.46. The van der Waals surface area contributed by atoms with Crippen LogP contribution in [0.15, 0.2) is 41.0 Å². The minimum absolute atomic E-state index is 0.503. The maximum Gasteiger partial charge on any atom is 0.137 e. The zero-order valence-corrected chi connectivity index (χ0v) is 11.5. The number of fused-ring (bicyclic) bond motifs is 1. The minimum Gasteiger partial charge on any atom is -0.466 e. The van der Waals surface area contributed by atoms with Crippen LogP contribution in [0, 0.1) is 18.3 Å². The number of hydrogen-bond acceptors (Lipinski definition) is 3.